The minimum Gasteiger partial charge on any atom is -0.290 e. The molecule has 1 aromatic heterocycles. The molecule has 3 heteroatoms. The van der Waals surface area contributed by atoms with Gasteiger partial charge in [0, 0.05) is 25.9 Å². The summed E-state index contributed by atoms with van der Waals surface area (Å²) in [5, 5.41) is 1.97. The van der Waals surface area contributed by atoms with Gasteiger partial charge in [-0.3, -0.25) is 9.82 Å². The standard InChI is InChI=1S/C17H20N2O/c1-13-6-8-14(9-7-13)16-11-17(2,19(3)20-16)15-5-4-10-18-12-15/h4-10,12,16H,11H2,1-3H3. The summed E-state index contributed by atoms with van der Waals surface area (Å²) < 4.78 is 0. The summed E-state index contributed by atoms with van der Waals surface area (Å²) in [5.41, 5.74) is 3.56. The van der Waals surface area contributed by atoms with Crippen LogP contribution < -0.4 is 0 Å². The molecule has 1 aromatic carbocycles. The van der Waals surface area contributed by atoms with Crippen molar-refractivity contribution in [3.63, 3.8) is 0 Å². The fourth-order valence-electron chi connectivity index (χ4n) is 2.77. The molecule has 2 heterocycles. The first-order chi connectivity index (χ1) is 9.59. The van der Waals surface area contributed by atoms with Crippen molar-refractivity contribution in [2.45, 2.75) is 31.9 Å². The lowest BCUT2D eigenvalue weighted by Crippen LogP contribution is -2.34. The number of nitrogens with zero attached hydrogens (tertiary/aromatic N) is 2. The van der Waals surface area contributed by atoms with E-state index in [1.54, 1.807) is 6.20 Å². The molecule has 3 nitrogen and oxygen atoms in total. The lowest BCUT2D eigenvalue weighted by molar-refractivity contribution is -0.169. The van der Waals surface area contributed by atoms with E-state index < -0.39 is 0 Å². The minimum atomic E-state index is -0.135. The van der Waals surface area contributed by atoms with Gasteiger partial charge in [-0.1, -0.05) is 35.9 Å². The van der Waals surface area contributed by atoms with Crippen molar-refractivity contribution in [3.05, 3.63) is 65.5 Å². The van der Waals surface area contributed by atoms with E-state index in [0.29, 0.717) is 0 Å². The quantitative estimate of drug-likeness (QED) is 0.832. The number of benzene rings is 1. The average molecular weight is 268 g/mol. The summed E-state index contributed by atoms with van der Waals surface area (Å²) in [6, 6.07) is 12.7. The Labute approximate surface area is 120 Å². The zero-order valence-electron chi connectivity index (χ0n) is 12.2. The Morgan fingerprint density at radius 2 is 2.00 bits per heavy atom. The molecule has 0 bridgehead atoms. The Balaban J connectivity index is 1.88. The highest BCUT2D eigenvalue weighted by Gasteiger charge is 2.43. The molecular formula is C17H20N2O. The van der Waals surface area contributed by atoms with Crippen LogP contribution in [0.2, 0.25) is 0 Å². The topological polar surface area (TPSA) is 25.4 Å². The van der Waals surface area contributed by atoms with Gasteiger partial charge < -0.3 is 0 Å². The van der Waals surface area contributed by atoms with E-state index in [2.05, 4.69) is 49.2 Å². The van der Waals surface area contributed by atoms with E-state index >= 15 is 0 Å². The maximum Gasteiger partial charge on any atom is 0.106 e. The molecule has 1 fully saturated rings. The van der Waals surface area contributed by atoms with Crippen LogP contribution in [-0.4, -0.2) is 17.1 Å². The Hall–Kier alpha value is -1.71. The third-order valence-electron chi connectivity index (χ3n) is 4.30. The van der Waals surface area contributed by atoms with Crippen LogP contribution in [0, 0.1) is 6.92 Å². The third kappa shape index (κ3) is 2.23. The number of rotatable bonds is 2. The lowest BCUT2D eigenvalue weighted by Gasteiger charge is -2.29. The summed E-state index contributed by atoms with van der Waals surface area (Å²) in [6.45, 7) is 4.31. The summed E-state index contributed by atoms with van der Waals surface area (Å²) in [6.07, 6.45) is 4.77. The third-order valence-corrected chi connectivity index (χ3v) is 4.30. The second-order valence-electron chi connectivity index (χ2n) is 5.72. The van der Waals surface area contributed by atoms with Gasteiger partial charge in [0.2, 0.25) is 0 Å². The van der Waals surface area contributed by atoms with Crippen molar-refractivity contribution in [3.8, 4) is 0 Å². The first-order valence-corrected chi connectivity index (χ1v) is 6.97. The van der Waals surface area contributed by atoms with E-state index in [0.717, 1.165) is 6.42 Å². The molecule has 3 rings (SSSR count). The van der Waals surface area contributed by atoms with E-state index in [-0.39, 0.29) is 11.6 Å². The van der Waals surface area contributed by atoms with Crippen LogP contribution >= 0.6 is 0 Å². The fraction of sp³-hybridized carbons (Fsp3) is 0.353. The Morgan fingerprint density at radius 1 is 1.25 bits per heavy atom. The number of hydrogen-bond donors (Lipinski definition) is 0. The lowest BCUT2D eigenvalue weighted by atomic mass is 9.86. The first kappa shape index (κ1) is 13.3. The van der Waals surface area contributed by atoms with Crippen LogP contribution in [0.5, 0.6) is 0 Å². The van der Waals surface area contributed by atoms with Gasteiger partial charge in [0.15, 0.2) is 0 Å². The zero-order chi connectivity index (χ0) is 14.2. The molecule has 0 N–H and O–H groups in total. The average Bonchev–Trinajstić information content (AvgIpc) is 2.78. The van der Waals surface area contributed by atoms with Crippen molar-refractivity contribution in [2.75, 3.05) is 7.05 Å². The van der Waals surface area contributed by atoms with Crippen LogP contribution in [0.15, 0.2) is 48.8 Å². The molecule has 2 unspecified atom stereocenters. The van der Waals surface area contributed by atoms with Gasteiger partial charge in [0.05, 0.1) is 5.54 Å². The first-order valence-electron chi connectivity index (χ1n) is 6.97. The highest BCUT2D eigenvalue weighted by Crippen LogP contribution is 2.44. The van der Waals surface area contributed by atoms with E-state index in [1.165, 1.54) is 16.7 Å². The molecule has 20 heavy (non-hydrogen) atoms. The second-order valence-corrected chi connectivity index (χ2v) is 5.72. The maximum atomic E-state index is 6.06. The molecule has 0 saturated carbocycles. The van der Waals surface area contributed by atoms with Crippen molar-refractivity contribution in [1.82, 2.24) is 10.0 Å². The molecular weight excluding hydrogens is 248 g/mol. The minimum absolute atomic E-state index is 0.103. The van der Waals surface area contributed by atoms with Crippen molar-refractivity contribution in [2.24, 2.45) is 0 Å². The van der Waals surface area contributed by atoms with E-state index in [1.807, 2.05) is 24.4 Å². The van der Waals surface area contributed by atoms with Crippen molar-refractivity contribution < 1.29 is 4.84 Å². The molecule has 0 amide bonds. The Morgan fingerprint density at radius 3 is 2.65 bits per heavy atom. The molecule has 1 aliphatic rings. The van der Waals surface area contributed by atoms with Gasteiger partial charge in [-0.25, -0.2) is 0 Å². The summed E-state index contributed by atoms with van der Waals surface area (Å²) in [5.74, 6) is 0. The largest absolute Gasteiger partial charge is 0.290 e. The highest BCUT2D eigenvalue weighted by molar-refractivity contribution is 5.27. The molecule has 2 aromatic rings. The zero-order valence-corrected chi connectivity index (χ0v) is 12.2. The van der Waals surface area contributed by atoms with Crippen LogP contribution in [0.1, 0.15) is 36.1 Å². The van der Waals surface area contributed by atoms with Gasteiger partial charge >= 0.3 is 0 Å². The SMILES string of the molecule is Cc1ccc(C2CC(C)(c3cccnc3)N(C)O2)cc1. The van der Waals surface area contributed by atoms with Gasteiger partial charge in [-0.05, 0) is 31.0 Å². The smallest absolute Gasteiger partial charge is 0.106 e. The normalized spacial score (nSPS) is 26.9. The number of hydrogen-bond acceptors (Lipinski definition) is 3. The summed E-state index contributed by atoms with van der Waals surface area (Å²) in [4.78, 5) is 10.3. The molecule has 104 valence electrons. The Bertz CT molecular complexity index is 582. The van der Waals surface area contributed by atoms with Gasteiger partial charge in [-0.15, -0.1) is 0 Å². The highest BCUT2D eigenvalue weighted by atomic mass is 16.7. The van der Waals surface area contributed by atoms with Gasteiger partial charge in [0.25, 0.3) is 0 Å². The molecule has 1 aliphatic heterocycles. The van der Waals surface area contributed by atoms with Gasteiger partial charge in [0.1, 0.15) is 6.10 Å². The van der Waals surface area contributed by atoms with Crippen LogP contribution in [-0.2, 0) is 10.4 Å². The maximum absolute atomic E-state index is 6.06. The van der Waals surface area contributed by atoms with Crippen LogP contribution in [0.25, 0.3) is 0 Å². The van der Waals surface area contributed by atoms with Crippen LogP contribution in [0.3, 0.4) is 0 Å². The predicted octanol–water partition coefficient (Wildman–Crippen LogP) is 3.61. The monoisotopic (exact) mass is 268 g/mol. The fourth-order valence-corrected chi connectivity index (χ4v) is 2.77. The molecule has 2 atom stereocenters. The van der Waals surface area contributed by atoms with E-state index in [4.69, 9.17) is 4.84 Å². The number of pyridine rings is 1. The molecule has 0 aliphatic carbocycles. The van der Waals surface area contributed by atoms with Gasteiger partial charge in [-0.2, -0.15) is 5.06 Å². The van der Waals surface area contributed by atoms with Crippen molar-refractivity contribution in [1.29, 1.82) is 0 Å². The van der Waals surface area contributed by atoms with Crippen LogP contribution in [0.4, 0.5) is 0 Å². The second kappa shape index (κ2) is 5.00. The predicted molar refractivity (Wildman–Crippen MR) is 79.0 cm³/mol. The molecule has 0 spiro atoms. The number of hydroxylamine groups is 2. The van der Waals surface area contributed by atoms with E-state index in [9.17, 15) is 0 Å². The molecule has 0 radical (unpaired) electrons. The van der Waals surface area contributed by atoms with Crippen molar-refractivity contribution >= 4 is 0 Å². The summed E-state index contributed by atoms with van der Waals surface area (Å²) >= 11 is 0. The number of aryl methyl sites for hydroxylation is 1. The molecule has 1 saturated heterocycles. The Kier molecular flexibility index (Phi) is 3.32. The number of aromatic nitrogens is 1. The summed E-state index contributed by atoms with van der Waals surface area (Å²) in [7, 11) is 2.00.